The normalized spacial score (nSPS) is 27.7. The van der Waals surface area contributed by atoms with E-state index in [9.17, 15) is 8.78 Å². The van der Waals surface area contributed by atoms with E-state index in [2.05, 4.69) is 10.2 Å². The molecule has 2 heterocycles. The molecule has 2 nitrogen and oxygen atoms in total. The molecule has 0 amide bonds. The first-order valence-electron chi connectivity index (χ1n) is 7.06. The Morgan fingerprint density at radius 1 is 1.21 bits per heavy atom. The Hall–Kier alpha value is -1.00. The maximum atomic E-state index is 12.5. The first-order chi connectivity index (χ1) is 9.24. The zero-order valence-electron chi connectivity index (χ0n) is 11.0. The van der Waals surface area contributed by atoms with Gasteiger partial charge in [-0.15, -0.1) is 0 Å². The number of nitrogens with zero attached hydrogens (tertiary/aromatic N) is 1. The van der Waals surface area contributed by atoms with Gasteiger partial charge in [0.05, 0.1) is 0 Å². The molecule has 2 atom stereocenters. The van der Waals surface area contributed by atoms with Crippen LogP contribution in [-0.2, 0) is 6.54 Å². The predicted molar refractivity (Wildman–Crippen MR) is 71.2 cm³/mol. The second-order valence-corrected chi connectivity index (χ2v) is 5.64. The number of nitrogens with one attached hydrogen (secondary N) is 1. The van der Waals surface area contributed by atoms with Gasteiger partial charge < -0.3 is 5.32 Å². The van der Waals surface area contributed by atoms with Crippen LogP contribution in [0.25, 0.3) is 0 Å². The maximum absolute atomic E-state index is 12.5. The minimum absolute atomic E-state index is 0.114. The van der Waals surface area contributed by atoms with Crippen molar-refractivity contribution in [1.29, 1.82) is 0 Å². The molecular formula is C15H20F2N2. The minimum Gasteiger partial charge on any atom is -0.315 e. The summed E-state index contributed by atoms with van der Waals surface area (Å²) < 4.78 is 25.0. The molecule has 19 heavy (non-hydrogen) atoms. The van der Waals surface area contributed by atoms with Crippen LogP contribution < -0.4 is 5.32 Å². The predicted octanol–water partition coefficient (Wildman–Crippen LogP) is 2.81. The van der Waals surface area contributed by atoms with Gasteiger partial charge in [0, 0.05) is 24.7 Å². The van der Waals surface area contributed by atoms with Gasteiger partial charge in [-0.1, -0.05) is 24.3 Å². The van der Waals surface area contributed by atoms with Crippen molar-refractivity contribution in [2.24, 2.45) is 5.92 Å². The summed E-state index contributed by atoms with van der Waals surface area (Å²) in [6.07, 6.45) is 0.198. The standard InChI is InChI=1S/C15H20F2N2/c16-15(17)12-5-3-11(4-6-12)10-19-7-1-2-13-8-18-9-14(13)19/h3-6,13-15,18H,1-2,7-10H2. The Morgan fingerprint density at radius 3 is 2.74 bits per heavy atom. The number of alkyl halides is 2. The smallest absolute Gasteiger partial charge is 0.263 e. The Bertz CT molecular complexity index is 419. The Balaban J connectivity index is 1.67. The van der Waals surface area contributed by atoms with Crippen LogP contribution in [0.3, 0.4) is 0 Å². The topological polar surface area (TPSA) is 15.3 Å². The monoisotopic (exact) mass is 266 g/mol. The summed E-state index contributed by atoms with van der Waals surface area (Å²) in [7, 11) is 0. The minimum atomic E-state index is -2.37. The summed E-state index contributed by atoms with van der Waals surface area (Å²) in [4.78, 5) is 2.51. The van der Waals surface area contributed by atoms with Crippen molar-refractivity contribution >= 4 is 0 Å². The molecule has 1 aromatic rings. The van der Waals surface area contributed by atoms with Crippen molar-refractivity contribution in [2.75, 3.05) is 19.6 Å². The Labute approximate surface area is 112 Å². The van der Waals surface area contributed by atoms with Crippen LogP contribution in [0.1, 0.15) is 30.4 Å². The van der Waals surface area contributed by atoms with Crippen molar-refractivity contribution in [1.82, 2.24) is 10.2 Å². The SMILES string of the molecule is FC(F)c1ccc(CN2CCCC3CNCC32)cc1. The van der Waals surface area contributed by atoms with E-state index in [0.717, 1.165) is 37.7 Å². The quantitative estimate of drug-likeness (QED) is 0.905. The third-order valence-electron chi connectivity index (χ3n) is 4.41. The molecule has 1 N–H and O–H groups in total. The summed E-state index contributed by atoms with van der Waals surface area (Å²) in [5, 5.41) is 3.46. The fourth-order valence-electron chi connectivity index (χ4n) is 3.36. The van der Waals surface area contributed by atoms with Crippen molar-refractivity contribution in [3.8, 4) is 0 Å². The third kappa shape index (κ3) is 2.79. The lowest BCUT2D eigenvalue weighted by atomic mass is 9.91. The van der Waals surface area contributed by atoms with E-state index in [-0.39, 0.29) is 5.56 Å². The molecule has 1 aromatic carbocycles. The van der Waals surface area contributed by atoms with E-state index in [0.29, 0.717) is 6.04 Å². The highest BCUT2D eigenvalue weighted by Gasteiger charge is 2.34. The molecule has 0 radical (unpaired) electrons. The second-order valence-electron chi connectivity index (χ2n) is 5.64. The molecule has 4 heteroatoms. The average molecular weight is 266 g/mol. The van der Waals surface area contributed by atoms with Gasteiger partial charge >= 0.3 is 0 Å². The van der Waals surface area contributed by atoms with E-state index in [1.165, 1.54) is 12.8 Å². The van der Waals surface area contributed by atoms with Gasteiger partial charge in [-0.2, -0.15) is 0 Å². The van der Waals surface area contributed by atoms with Gasteiger partial charge in [0.1, 0.15) is 0 Å². The lowest BCUT2D eigenvalue weighted by Gasteiger charge is -2.37. The molecule has 3 rings (SSSR count). The second kappa shape index (κ2) is 5.55. The lowest BCUT2D eigenvalue weighted by Crippen LogP contribution is -2.44. The largest absolute Gasteiger partial charge is 0.315 e. The highest BCUT2D eigenvalue weighted by molar-refractivity contribution is 5.23. The molecule has 2 aliphatic rings. The van der Waals surface area contributed by atoms with E-state index < -0.39 is 6.43 Å². The van der Waals surface area contributed by atoms with E-state index in [4.69, 9.17) is 0 Å². The van der Waals surface area contributed by atoms with Gasteiger partial charge in [-0.3, -0.25) is 4.90 Å². The van der Waals surface area contributed by atoms with Gasteiger partial charge in [0.15, 0.2) is 0 Å². The van der Waals surface area contributed by atoms with Crippen LogP contribution in [0.2, 0.25) is 0 Å². The van der Waals surface area contributed by atoms with Crippen LogP contribution in [-0.4, -0.2) is 30.6 Å². The van der Waals surface area contributed by atoms with Gasteiger partial charge in [-0.05, 0) is 37.4 Å². The first-order valence-corrected chi connectivity index (χ1v) is 7.06. The van der Waals surface area contributed by atoms with Gasteiger partial charge in [-0.25, -0.2) is 8.78 Å². The van der Waals surface area contributed by atoms with Crippen molar-refractivity contribution in [3.63, 3.8) is 0 Å². The Kier molecular flexibility index (Phi) is 3.80. The fraction of sp³-hybridized carbons (Fsp3) is 0.600. The number of likely N-dealkylation sites (tertiary alicyclic amines) is 1. The van der Waals surface area contributed by atoms with Crippen LogP contribution in [0, 0.1) is 5.92 Å². The van der Waals surface area contributed by atoms with E-state index >= 15 is 0 Å². The lowest BCUT2D eigenvalue weighted by molar-refractivity contribution is 0.117. The van der Waals surface area contributed by atoms with Crippen LogP contribution in [0.15, 0.2) is 24.3 Å². The van der Waals surface area contributed by atoms with Crippen LogP contribution in [0.4, 0.5) is 8.78 Å². The number of halogens is 2. The zero-order chi connectivity index (χ0) is 13.2. The maximum Gasteiger partial charge on any atom is 0.263 e. The molecule has 2 aliphatic heterocycles. The van der Waals surface area contributed by atoms with Gasteiger partial charge in [0.25, 0.3) is 6.43 Å². The van der Waals surface area contributed by atoms with Crippen molar-refractivity contribution in [2.45, 2.75) is 31.9 Å². The van der Waals surface area contributed by atoms with Crippen LogP contribution in [0.5, 0.6) is 0 Å². The van der Waals surface area contributed by atoms with Crippen molar-refractivity contribution in [3.05, 3.63) is 35.4 Å². The Morgan fingerprint density at radius 2 is 2.00 bits per heavy atom. The summed E-state index contributed by atoms with van der Waals surface area (Å²) in [6, 6.07) is 7.41. The number of piperidine rings is 1. The molecule has 0 aromatic heterocycles. The molecule has 0 aliphatic carbocycles. The molecule has 0 saturated carbocycles. The summed E-state index contributed by atoms with van der Waals surface area (Å²) in [5.74, 6) is 0.772. The molecule has 2 unspecified atom stereocenters. The van der Waals surface area contributed by atoms with Gasteiger partial charge in [0.2, 0.25) is 0 Å². The number of hydrogen-bond acceptors (Lipinski definition) is 2. The molecule has 2 saturated heterocycles. The average Bonchev–Trinajstić information content (AvgIpc) is 2.89. The number of fused-ring (bicyclic) bond motifs is 1. The van der Waals surface area contributed by atoms with Crippen LogP contribution >= 0.6 is 0 Å². The highest BCUT2D eigenvalue weighted by atomic mass is 19.3. The van der Waals surface area contributed by atoms with Crippen molar-refractivity contribution < 1.29 is 8.78 Å². The molecule has 2 fully saturated rings. The third-order valence-corrected chi connectivity index (χ3v) is 4.41. The molecule has 0 spiro atoms. The van der Waals surface area contributed by atoms with E-state index in [1.54, 1.807) is 12.1 Å². The fourth-order valence-corrected chi connectivity index (χ4v) is 3.36. The number of rotatable bonds is 3. The summed E-state index contributed by atoms with van der Waals surface area (Å²) >= 11 is 0. The molecular weight excluding hydrogens is 246 g/mol. The first kappa shape index (κ1) is 13.0. The number of hydrogen-bond donors (Lipinski definition) is 1. The highest BCUT2D eigenvalue weighted by Crippen LogP contribution is 2.28. The molecule has 104 valence electrons. The summed E-state index contributed by atoms with van der Waals surface area (Å²) in [5.41, 5.74) is 1.25. The molecule has 0 bridgehead atoms. The van der Waals surface area contributed by atoms with E-state index in [1.807, 2.05) is 12.1 Å². The zero-order valence-corrected chi connectivity index (χ0v) is 11.0. The number of benzene rings is 1. The summed E-state index contributed by atoms with van der Waals surface area (Å²) in [6.45, 7) is 4.21.